The number of ether oxygens (including phenoxy) is 2. The van der Waals surface area contributed by atoms with E-state index in [4.69, 9.17) is 9.47 Å². The van der Waals surface area contributed by atoms with Crippen LogP contribution in [0.4, 0.5) is 5.69 Å². The van der Waals surface area contributed by atoms with Gasteiger partial charge in [-0.25, -0.2) is 8.42 Å². The Morgan fingerprint density at radius 2 is 1.70 bits per heavy atom. The number of rotatable bonds is 9. The van der Waals surface area contributed by atoms with Gasteiger partial charge in [0.15, 0.2) is 11.5 Å². The molecule has 174 valence electrons. The quantitative estimate of drug-likeness (QED) is 0.397. The van der Waals surface area contributed by atoms with Gasteiger partial charge in [-0.15, -0.1) is 11.3 Å². The molecule has 0 aliphatic carbocycles. The number of aryl methyl sites for hydroxylation is 1. The van der Waals surface area contributed by atoms with Crippen molar-refractivity contribution in [3.63, 3.8) is 0 Å². The first-order chi connectivity index (χ1) is 15.8. The molecule has 3 aromatic rings. The number of nitrogens with one attached hydrogen (secondary N) is 3. The minimum absolute atomic E-state index is 0.0674. The van der Waals surface area contributed by atoms with Gasteiger partial charge in [0.05, 0.1) is 25.5 Å². The summed E-state index contributed by atoms with van der Waals surface area (Å²) in [5.74, 6) is 0.0883. The molecule has 11 heteroatoms. The number of hydrogen-bond acceptors (Lipinski definition) is 7. The van der Waals surface area contributed by atoms with Crippen LogP contribution in [0.2, 0.25) is 0 Å². The maximum Gasteiger partial charge on any atom is 0.271 e. The summed E-state index contributed by atoms with van der Waals surface area (Å²) in [6.45, 7) is 0. The Bertz CT molecular complexity index is 1230. The molecular weight excluding hydrogens is 466 g/mol. The van der Waals surface area contributed by atoms with Crippen LogP contribution in [0.3, 0.4) is 0 Å². The van der Waals surface area contributed by atoms with Gasteiger partial charge in [-0.1, -0.05) is 24.3 Å². The molecule has 33 heavy (non-hydrogen) atoms. The summed E-state index contributed by atoms with van der Waals surface area (Å²) in [5, 5.41) is 1.64. The van der Waals surface area contributed by atoms with E-state index in [2.05, 4.69) is 15.6 Å². The number of benzene rings is 2. The van der Waals surface area contributed by atoms with Crippen molar-refractivity contribution in [2.75, 3.05) is 18.9 Å². The lowest BCUT2D eigenvalue weighted by molar-refractivity contribution is -0.121. The van der Waals surface area contributed by atoms with Crippen LogP contribution in [0.15, 0.2) is 64.2 Å². The predicted molar refractivity (Wildman–Crippen MR) is 125 cm³/mol. The maximum absolute atomic E-state index is 12.6. The smallest absolute Gasteiger partial charge is 0.271 e. The van der Waals surface area contributed by atoms with Gasteiger partial charge < -0.3 is 9.47 Å². The maximum atomic E-state index is 12.6. The number of amides is 2. The standard InChI is InChI=1S/C22H23N3O6S2/c1-30-18-11-9-15(14-19(18)31-2)10-12-20(26)23-24-22(27)16-6-3-4-7-17(16)25-33(28,29)21-8-5-13-32-21/h3-9,11,13-14,25H,10,12H2,1-2H3,(H,23,26)(H,24,27). The van der Waals surface area contributed by atoms with Gasteiger partial charge in [-0.2, -0.15) is 0 Å². The zero-order chi connectivity index (χ0) is 23.8. The van der Waals surface area contributed by atoms with Gasteiger partial charge in [-0.3, -0.25) is 25.2 Å². The van der Waals surface area contributed by atoms with Crippen LogP contribution in [0.25, 0.3) is 0 Å². The molecule has 0 aliphatic rings. The average molecular weight is 490 g/mol. The van der Waals surface area contributed by atoms with Gasteiger partial charge in [-0.05, 0) is 47.7 Å². The summed E-state index contributed by atoms with van der Waals surface area (Å²) in [6.07, 6.45) is 0.529. The van der Waals surface area contributed by atoms with Crippen molar-refractivity contribution in [1.29, 1.82) is 0 Å². The van der Waals surface area contributed by atoms with E-state index in [1.54, 1.807) is 42.8 Å². The molecule has 0 saturated heterocycles. The molecule has 3 rings (SSSR count). The van der Waals surface area contributed by atoms with Crippen molar-refractivity contribution in [2.45, 2.75) is 17.1 Å². The van der Waals surface area contributed by atoms with Crippen molar-refractivity contribution in [2.24, 2.45) is 0 Å². The van der Waals surface area contributed by atoms with Gasteiger partial charge >= 0.3 is 0 Å². The monoisotopic (exact) mass is 489 g/mol. The molecule has 0 spiro atoms. The topological polar surface area (TPSA) is 123 Å². The van der Waals surface area contributed by atoms with Crippen molar-refractivity contribution in [1.82, 2.24) is 10.9 Å². The largest absolute Gasteiger partial charge is 0.493 e. The summed E-state index contributed by atoms with van der Waals surface area (Å²) in [7, 11) is -0.755. The van der Waals surface area contributed by atoms with Gasteiger partial charge in [0.2, 0.25) is 5.91 Å². The Kier molecular flexibility index (Phi) is 7.91. The molecule has 0 radical (unpaired) electrons. The van der Waals surface area contributed by atoms with Crippen LogP contribution >= 0.6 is 11.3 Å². The minimum Gasteiger partial charge on any atom is -0.493 e. The van der Waals surface area contributed by atoms with Crippen LogP contribution in [-0.4, -0.2) is 34.5 Å². The predicted octanol–water partition coefficient (Wildman–Crippen LogP) is 2.96. The number of sulfonamides is 1. The highest BCUT2D eigenvalue weighted by molar-refractivity contribution is 7.94. The van der Waals surface area contributed by atoms with Crippen molar-refractivity contribution in [3.05, 3.63) is 71.1 Å². The van der Waals surface area contributed by atoms with Crippen LogP contribution in [-0.2, 0) is 21.2 Å². The Morgan fingerprint density at radius 3 is 2.39 bits per heavy atom. The highest BCUT2D eigenvalue weighted by atomic mass is 32.2. The van der Waals surface area contributed by atoms with E-state index >= 15 is 0 Å². The fraction of sp³-hybridized carbons (Fsp3) is 0.182. The molecule has 0 aliphatic heterocycles. The Morgan fingerprint density at radius 1 is 0.939 bits per heavy atom. The lowest BCUT2D eigenvalue weighted by atomic mass is 10.1. The summed E-state index contributed by atoms with van der Waals surface area (Å²) < 4.78 is 38.0. The minimum atomic E-state index is -3.83. The highest BCUT2D eigenvalue weighted by Gasteiger charge is 2.19. The second kappa shape index (κ2) is 10.8. The second-order valence-corrected chi connectivity index (χ2v) is 9.63. The summed E-state index contributed by atoms with van der Waals surface area (Å²) in [5.41, 5.74) is 5.70. The van der Waals surface area contributed by atoms with Crippen LogP contribution in [0.5, 0.6) is 11.5 Å². The zero-order valence-corrected chi connectivity index (χ0v) is 19.6. The summed E-state index contributed by atoms with van der Waals surface area (Å²) >= 11 is 1.06. The zero-order valence-electron chi connectivity index (χ0n) is 18.0. The fourth-order valence-electron chi connectivity index (χ4n) is 2.93. The van der Waals surface area contributed by atoms with Crippen LogP contribution < -0.4 is 25.0 Å². The van der Waals surface area contributed by atoms with Gasteiger partial charge in [0, 0.05) is 6.42 Å². The SMILES string of the molecule is COc1ccc(CCC(=O)NNC(=O)c2ccccc2NS(=O)(=O)c2cccs2)cc1OC. The molecule has 3 N–H and O–H groups in total. The third kappa shape index (κ3) is 6.24. The molecule has 9 nitrogen and oxygen atoms in total. The first kappa shape index (κ1) is 24.1. The number of methoxy groups -OCH3 is 2. The van der Waals surface area contributed by atoms with E-state index in [0.717, 1.165) is 16.9 Å². The molecule has 0 bridgehead atoms. The normalized spacial score (nSPS) is 10.8. The molecule has 0 atom stereocenters. The van der Waals surface area contributed by atoms with Crippen molar-refractivity contribution >= 4 is 38.9 Å². The molecule has 0 fully saturated rings. The fourth-order valence-corrected chi connectivity index (χ4v) is 5.00. The Balaban J connectivity index is 1.58. The highest BCUT2D eigenvalue weighted by Crippen LogP contribution is 2.28. The van der Waals surface area contributed by atoms with Gasteiger partial charge in [0.1, 0.15) is 4.21 Å². The second-order valence-electron chi connectivity index (χ2n) is 6.77. The molecule has 2 aromatic carbocycles. The number of anilines is 1. The Labute approximate surface area is 195 Å². The first-order valence-electron chi connectivity index (χ1n) is 9.79. The molecular formula is C22H23N3O6S2. The average Bonchev–Trinajstić information content (AvgIpc) is 3.37. The number of carbonyl (C=O) groups is 2. The van der Waals surface area contributed by atoms with E-state index in [1.165, 1.54) is 25.3 Å². The Hall–Kier alpha value is -3.57. The number of thiophene rings is 1. The van der Waals surface area contributed by atoms with Crippen molar-refractivity contribution < 1.29 is 27.5 Å². The number of hydrogen-bond donors (Lipinski definition) is 3. The number of carbonyl (C=O) groups excluding carboxylic acids is 2. The molecule has 0 unspecified atom stereocenters. The van der Waals surface area contributed by atoms with E-state index in [1.807, 2.05) is 6.07 Å². The summed E-state index contributed by atoms with van der Waals surface area (Å²) in [6, 6.07) is 14.6. The van der Waals surface area contributed by atoms with E-state index < -0.39 is 21.8 Å². The third-order valence-electron chi connectivity index (χ3n) is 4.58. The van der Waals surface area contributed by atoms with E-state index in [9.17, 15) is 18.0 Å². The van der Waals surface area contributed by atoms with Gasteiger partial charge in [0.25, 0.3) is 15.9 Å². The molecule has 0 saturated carbocycles. The third-order valence-corrected chi connectivity index (χ3v) is 7.34. The number of para-hydroxylation sites is 1. The van der Waals surface area contributed by atoms with Crippen LogP contribution in [0, 0.1) is 0 Å². The van der Waals surface area contributed by atoms with E-state index in [-0.39, 0.29) is 21.9 Å². The van der Waals surface area contributed by atoms with E-state index in [0.29, 0.717) is 17.9 Å². The van der Waals surface area contributed by atoms with Crippen molar-refractivity contribution in [3.8, 4) is 11.5 Å². The molecule has 1 heterocycles. The number of hydrazine groups is 1. The summed E-state index contributed by atoms with van der Waals surface area (Å²) in [4.78, 5) is 24.8. The molecule has 1 aromatic heterocycles. The lowest BCUT2D eigenvalue weighted by Crippen LogP contribution is -2.42. The van der Waals surface area contributed by atoms with Crippen LogP contribution in [0.1, 0.15) is 22.3 Å². The lowest BCUT2D eigenvalue weighted by Gasteiger charge is -2.13. The molecule has 2 amide bonds. The first-order valence-corrected chi connectivity index (χ1v) is 12.2.